The van der Waals surface area contributed by atoms with Crippen LogP contribution in [0.2, 0.25) is 0 Å². The lowest BCUT2D eigenvalue weighted by Crippen LogP contribution is -2.45. The van der Waals surface area contributed by atoms with Gasteiger partial charge in [0.2, 0.25) is 5.91 Å². The minimum absolute atomic E-state index is 0.231. The summed E-state index contributed by atoms with van der Waals surface area (Å²) < 4.78 is 9.51. The molecule has 0 saturated heterocycles. The van der Waals surface area contributed by atoms with Crippen LogP contribution in [0.15, 0.2) is 0 Å². The molecule has 22 heavy (non-hydrogen) atoms. The summed E-state index contributed by atoms with van der Waals surface area (Å²) in [6, 6.07) is 0. The summed E-state index contributed by atoms with van der Waals surface area (Å²) in [4.78, 5) is 21.9. The first-order chi connectivity index (χ1) is 10.2. The fourth-order valence-corrected chi connectivity index (χ4v) is 1.24. The van der Waals surface area contributed by atoms with E-state index in [1.165, 1.54) is 6.92 Å². The predicted molar refractivity (Wildman–Crippen MR) is 83.3 cm³/mol. The van der Waals surface area contributed by atoms with Crippen LogP contribution in [0.25, 0.3) is 0 Å². The molecule has 0 aliphatic carbocycles. The van der Waals surface area contributed by atoms with Crippen LogP contribution in [0, 0.1) is 5.41 Å². The number of rotatable bonds is 9. The summed E-state index contributed by atoms with van der Waals surface area (Å²) in [5, 5.41) is 21.1. The van der Waals surface area contributed by atoms with Gasteiger partial charge in [0, 0.05) is 32.1 Å². The first kappa shape index (κ1) is 23.1. The van der Waals surface area contributed by atoms with Crippen LogP contribution in [-0.4, -0.2) is 61.2 Å². The Hall–Kier alpha value is -1.18. The molecule has 0 rings (SSSR count). The minimum atomic E-state index is -1.26. The Morgan fingerprint density at radius 2 is 1.77 bits per heavy atom. The molecule has 3 N–H and O–H groups in total. The van der Waals surface area contributed by atoms with Crippen molar-refractivity contribution in [1.82, 2.24) is 5.32 Å². The second kappa shape index (κ2) is 13.5. The molecule has 7 heteroatoms. The van der Waals surface area contributed by atoms with Gasteiger partial charge in [-0.15, -0.1) is 0 Å². The van der Waals surface area contributed by atoms with Gasteiger partial charge in [-0.05, 0) is 20.3 Å². The number of carbonyl (C=O) groups excluding carboxylic acids is 2. The van der Waals surface area contributed by atoms with Gasteiger partial charge in [-0.2, -0.15) is 0 Å². The molecular weight excluding hydrogens is 290 g/mol. The third-order valence-electron chi connectivity index (χ3n) is 2.73. The van der Waals surface area contributed by atoms with Gasteiger partial charge >= 0.3 is 5.97 Å². The normalized spacial score (nSPS) is 12.0. The topological polar surface area (TPSA) is 105 Å². The monoisotopic (exact) mass is 321 g/mol. The fourth-order valence-electron chi connectivity index (χ4n) is 1.24. The molecule has 7 nitrogen and oxygen atoms in total. The first-order valence-electron chi connectivity index (χ1n) is 7.50. The van der Waals surface area contributed by atoms with Crippen LogP contribution >= 0.6 is 0 Å². The maximum absolute atomic E-state index is 11.5. The third-order valence-corrected chi connectivity index (χ3v) is 2.73. The molecule has 1 unspecified atom stereocenters. The van der Waals surface area contributed by atoms with Crippen molar-refractivity contribution in [3.8, 4) is 0 Å². The molecule has 0 aliphatic rings. The Morgan fingerprint density at radius 3 is 2.14 bits per heavy atom. The summed E-state index contributed by atoms with van der Waals surface area (Å²) in [7, 11) is 0. The number of aliphatic hydroxyl groups is 2. The summed E-state index contributed by atoms with van der Waals surface area (Å²) in [5.74, 6) is -0.898. The SMILES string of the molecule is CC(=O)OCCCNC(=O)C(O)C(C)(C)CO.CCOCC. The summed E-state index contributed by atoms with van der Waals surface area (Å²) in [5.41, 5.74) is -0.875. The Bertz CT molecular complexity index is 304. The zero-order valence-electron chi connectivity index (χ0n) is 14.3. The van der Waals surface area contributed by atoms with Crippen molar-refractivity contribution in [3.63, 3.8) is 0 Å². The van der Waals surface area contributed by atoms with Gasteiger partial charge in [0.1, 0.15) is 6.10 Å². The van der Waals surface area contributed by atoms with E-state index in [0.717, 1.165) is 13.2 Å². The number of amides is 1. The molecule has 0 heterocycles. The van der Waals surface area contributed by atoms with Crippen LogP contribution in [-0.2, 0) is 19.1 Å². The quantitative estimate of drug-likeness (QED) is 0.421. The van der Waals surface area contributed by atoms with E-state index < -0.39 is 17.4 Å². The molecule has 0 bridgehead atoms. The molecule has 1 atom stereocenters. The van der Waals surface area contributed by atoms with Crippen LogP contribution in [0.4, 0.5) is 0 Å². The van der Waals surface area contributed by atoms with Crippen molar-refractivity contribution in [1.29, 1.82) is 0 Å². The van der Waals surface area contributed by atoms with E-state index in [1.54, 1.807) is 13.8 Å². The van der Waals surface area contributed by atoms with Gasteiger partial charge in [-0.25, -0.2) is 0 Å². The Morgan fingerprint density at radius 1 is 1.23 bits per heavy atom. The van der Waals surface area contributed by atoms with Crippen molar-refractivity contribution >= 4 is 11.9 Å². The van der Waals surface area contributed by atoms with Gasteiger partial charge < -0.3 is 25.0 Å². The van der Waals surface area contributed by atoms with Crippen LogP contribution < -0.4 is 5.32 Å². The maximum Gasteiger partial charge on any atom is 0.302 e. The van der Waals surface area contributed by atoms with Gasteiger partial charge in [-0.1, -0.05) is 13.8 Å². The zero-order valence-corrected chi connectivity index (χ0v) is 14.3. The molecule has 0 aromatic carbocycles. The first-order valence-corrected chi connectivity index (χ1v) is 7.50. The smallest absolute Gasteiger partial charge is 0.302 e. The average Bonchev–Trinajstić information content (AvgIpc) is 2.47. The number of aliphatic hydroxyl groups excluding tert-OH is 2. The van der Waals surface area contributed by atoms with E-state index in [2.05, 4.69) is 10.1 Å². The predicted octanol–water partition coefficient (Wildman–Crippen LogP) is 0.478. The van der Waals surface area contributed by atoms with E-state index in [1.807, 2.05) is 13.8 Å². The number of hydrogen-bond acceptors (Lipinski definition) is 6. The highest BCUT2D eigenvalue weighted by molar-refractivity contribution is 5.81. The summed E-state index contributed by atoms with van der Waals surface area (Å²) >= 11 is 0. The van der Waals surface area contributed by atoms with Gasteiger partial charge in [0.05, 0.1) is 13.2 Å². The zero-order chi connectivity index (χ0) is 17.6. The highest BCUT2D eigenvalue weighted by Crippen LogP contribution is 2.19. The van der Waals surface area contributed by atoms with Crippen molar-refractivity contribution in [3.05, 3.63) is 0 Å². The van der Waals surface area contributed by atoms with Crippen LogP contribution in [0.1, 0.15) is 41.0 Å². The highest BCUT2D eigenvalue weighted by atomic mass is 16.5. The molecule has 0 radical (unpaired) electrons. The highest BCUT2D eigenvalue weighted by Gasteiger charge is 2.32. The molecule has 1 amide bonds. The largest absolute Gasteiger partial charge is 0.466 e. The lowest BCUT2D eigenvalue weighted by Gasteiger charge is -2.27. The fraction of sp³-hybridized carbons (Fsp3) is 0.867. The van der Waals surface area contributed by atoms with Gasteiger partial charge in [0.25, 0.3) is 0 Å². The van der Waals surface area contributed by atoms with E-state index in [9.17, 15) is 14.7 Å². The molecule has 0 saturated carbocycles. The Labute approximate surface area is 133 Å². The molecule has 0 spiro atoms. The summed E-state index contributed by atoms with van der Waals surface area (Å²) in [6.45, 7) is 10.4. The van der Waals surface area contributed by atoms with Crippen molar-refractivity contribution in [2.24, 2.45) is 5.41 Å². The minimum Gasteiger partial charge on any atom is -0.466 e. The molecule has 0 fully saturated rings. The number of nitrogens with one attached hydrogen (secondary N) is 1. The Balaban J connectivity index is 0. The molecule has 132 valence electrons. The van der Waals surface area contributed by atoms with Gasteiger partial charge in [0.15, 0.2) is 0 Å². The van der Waals surface area contributed by atoms with Crippen molar-refractivity contribution in [2.45, 2.75) is 47.1 Å². The number of ether oxygens (including phenoxy) is 2. The Kier molecular flexibility index (Phi) is 14.1. The van der Waals surface area contributed by atoms with E-state index in [4.69, 9.17) is 9.84 Å². The molecule has 0 aromatic rings. The second-order valence-corrected chi connectivity index (χ2v) is 5.32. The molecule has 0 aromatic heterocycles. The van der Waals surface area contributed by atoms with E-state index >= 15 is 0 Å². The molecular formula is C15H31NO6. The lowest BCUT2D eigenvalue weighted by molar-refractivity contribution is -0.141. The standard InChI is InChI=1S/C11H21NO5.C4H10O/c1-8(14)17-6-4-5-12-10(16)9(15)11(2,3)7-13;1-3-5-4-2/h9,13,15H,4-7H2,1-3H3,(H,12,16);3-4H2,1-2H3. The second-order valence-electron chi connectivity index (χ2n) is 5.32. The van der Waals surface area contributed by atoms with Gasteiger partial charge in [-0.3, -0.25) is 9.59 Å². The van der Waals surface area contributed by atoms with E-state index in [0.29, 0.717) is 13.0 Å². The van der Waals surface area contributed by atoms with Crippen LogP contribution in [0.5, 0.6) is 0 Å². The third kappa shape index (κ3) is 12.6. The summed E-state index contributed by atoms with van der Waals surface area (Å²) in [6.07, 6.45) is -0.779. The van der Waals surface area contributed by atoms with Crippen molar-refractivity contribution in [2.75, 3.05) is 33.0 Å². The maximum atomic E-state index is 11.5. The van der Waals surface area contributed by atoms with Crippen LogP contribution in [0.3, 0.4) is 0 Å². The number of carbonyl (C=O) groups is 2. The average molecular weight is 321 g/mol. The number of hydrogen-bond donors (Lipinski definition) is 3. The molecule has 0 aliphatic heterocycles. The van der Waals surface area contributed by atoms with E-state index in [-0.39, 0.29) is 19.2 Å². The number of esters is 1. The van der Waals surface area contributed by atoms with Crippen molar-refractivity contribution < 1.29 is 29.3 Å². The lowest BCUT2D eigenvalue weighted by atomic mass is 9.87.